The fraction of sp³-hybridized carbons (Fsp3) is 0.769. The molecule has 3 saturated carbocycles. The van der Waals surface area contributed by atoms with Gasteiger partial charge < -0.3 is 34.7 Å². The van der Waals surface area contributed by atoms with Gasteiger partial charge in [0.1, 0.15) is 11.7 Å². The summed E-state index contributed by atoms with van der Waals surface area (Å²) < 4.78 is 24.7. The van der Waals surface area contributed by atoms with Gasteiger partial charge in [-0.15, -0.1) is 11.8 Å². The van der Waals surface area contributed by atoms with Gasteiger partial charge in [0.25, 0.3) is 0 Å². The van der Waals surface area contributed by atoms with E-state index >= 15 is 0 Å². The van der Waals surface area contributed by atoms with Crippen LogP contribution in [-0.4, -0.2) is 78.7 Å². The monoisotopic (exact) mass is 716 g/mol. The highest BCUT2D eigenvalue weighted by molar-refractivity contribution is 8.00. The molecule has 3 N–H and O–H groups in total. The van der Waals surface area contributed by atoms with E-state index in [0.717, 1.165) is 42.6 Å². The fourth-order valence-electron chi connectivity index (χ4n) is 9.69. The molecule has 1 aromatic rings. The predicted molar refractivity (Wildman–Crippen MR) is 192 cm³/mol. The number of thioether (sulfide) groups is 1. The highest BCUT2D eigenvalue weighted by Crippen LogP contribution is 2.72. The van der Waals surface area contributed by atoms with E-state index in [-0.39, 0.29) is 58.7 Å². The summed E-state index contributed by atoms with van der Waals surface area (Å²) in [5.74, 6) is -0.401. The van der Waals surface area contributed by atoms with E-state index < -0.39 is 23.6 Å². The van der Waals surface area contributed by atoms with Crippen LogP contribution < -0.4 is 10.6 Å². The number of carbonyl (C=O) groups excluding carboxylic acids is 3. The van der Waals surface area contributed by atoms with Gasteiger partial charge in [-0.3, -0.25) is 9.59 Å². The zero-order valence-electron chi connectivity index (χ0n) is 31.2. The van der Waals surface area contributed by atoms with Crippen LogP contribution in [0.1, 0.15) is 99.0 Å². The van der Waals surface area contributed by atoms with Gasteiger partial charge in [0.05, 0.1) is 31.5 Å². The van der Waals surface area contributed by atoms with Crippen LogP contribution in [0, 0.1) is 34.5 Å². The molecule has 1 aromatic carbocycles. The third-order valence-corrected chi connectivity index (χ3v) is 13.3. The summed E-state index contributed by atoms with van der Waals surface area (Å²) >= 11 is 1.43. The molecular weight excluding hydrogens is 657 g/mol. The van der Waals surface area contributed by atoms with Crippen LogP contribution in [0.4, 0.5) is 4.79 Å². The van der Waals surface area contributed by atoms with Crippen LogP contribution in [0.25, 0.3) is 0 Å². The molecule has 11 heteroatoms. The van der Waals surface area contributed by atoms with Crippen molar-refractivity contribution in [2.45, 2.75) is 128 Å². The smallest absolute Gasteiger partial charge is 0.407 e. The molecule has 0 radical (unpaired) electrons. The molecule has 280 valence electrons. The van der Waals surface area contributed by atoms with Crippen molar-refractivity contribution in [1.82, 2.24) is 10.6 Å². The van der Waals surface area contributed by atoms with Gasteiger partial charge in [-0.05, 0) is 93.7 Å². The minimum atomic E-state index is -0.687. The number of ether oxygens (including phenoxy) is 4. The molecule has 1 heterocycles. The van der Waals surface area contributed by atoms with Crippen molar-refractivity contribution in [2.24, 2.45) is 34.5 Å². The SMILES string of the molecule is CC[C@H]1C[C@H](OC(=O)CSc2ccc(CC(=O)NCCCNC(=O)OC(C)(C)C)cc2)[C@]2(C)[C@H](C)CC[C@]3(CCC4(OCCO4)[C@H]32)[C@@H](C)[C@@H]1O. The maximum Gasteiger partial charge on any atom is 0.407 e. The first-order valence-electron chi connectivity index (χ1n) is 18.7. The Kier molecular flexibility index (Phi) is 12.2. The molecule has 10 nitrogen and oxygen atoms in total. The largest absolute Gasteiger partial charge is 0.461 e. The van der Waals surface area contributed by atoms with Crippen molar-refractivity contribution in [3.05, 3.63) is 29.8 Å². The third-order valence-electron chi connectivity index (χ3n) is 12.4. The van der Waals surface area contributed by atoms with Crippen LogP contribution >= 0.6 is 11.8 Å². The molecule has 50 heavy (non-hydrogen) atoms. The molecule has 8 atom stereocenters. The molecule has 3 aliphatic carbocycles. The number of alkyl carbamates (subject to hydrolysis) is 1. The summed E-state index contributed by atoms with van der Waals surface area (Å²) in [4.78, 5) is 38.8. The lowest BCUT2D eigenvalue weighted by molar-refractivity contribution is -0.280. The van der Waals surface area contributed by atoms with Crippen LogP contribution in [0.3, 0.4) is 0 Å². The molecule has 2 bridgehead atoms. The molecule has 1 aliphatic heterocycles. The van der Waals surface area contributed by atoms with Crippen LogP contribution in [0.2, 0.25) is 0 Å². The number of esters is 1. The summed E-state index contributed by atoms with van der Waals surface area (Å²) in [5.41, 5.74) is -0.167. The number of hydrogen-bond donors (Lipinski definition) is 3. The summed E-state index contributed by atoms with van der Waals surface area (Å²) in [6.07, 6.45) is 4.80. The number of aliphatic hydroxyl groups excluding tert-OH is 1. The van der Waals surface area contributed by atoms with E-state index in [1.54, 1.807) is 0 Å². The normalized spacial score (nSPS) is 33.2. The van der Waals surface area contributed by atoms with Crippen molar-refractivity contribution >= 4 is 29.7 Å². The average molecular weight is 717 g/mol. The Morgan fingerprint density at radius 2 is 1.70 bits per heavy atom. The van der Waals surface area contributed by atoms with E-state index in [1.807, 2.05) is 45.0 Å². The topological polar surface area (TPSA) is 132 Å². The van der Waals surface area contributed by atoms with Crippen molar-refractivity contribution < 1.29 is 38.4 Å². The fourth-order valence-corrected chi connectivity index (χ4v) is 10.4. The van der Waals surface area contributed by atoms with Crippen molar-refractivity contribution in [3.63, 3.8) is 0 Å². The van der Waals surface area contributed by atoms with Gasteiger partial charge in [0.2, 0.25) is 5.91 Å². The van der Waals surface area contributed by atoms with E-state index in [4.69, 9.17) is 18.9 Å². The predicted octanol–water partition coefficient (Wildman–Crippen LogP) is 6.27. The van der Waals surface area contributed by atoms with Crippen LogP contribution in [-0.2, 0) is 35.0 Å². The van der Waals surface area contributed by atoms with E-state index in [2.05, 4.69) is 38.3 Å². The van der Waals surface area contributed by atoms with Crippen molar-refractivity contribution in [2.75, 3.05) is 32.1 Å². The Labute approximate surface area is 302 Å². The molecule has 0 unspecified atom stereocenters. The Balaban J connectivity index is 1.17. The quantitative estimate of drug-likeness (QED) is 0.138. The van der Waals surface area contributed by atoms with E-state index in [9.17, 15) is 19.5 Å². The number of amides is 2. The first-order chi connectivity index (χ1) is 23.6. The van der Waals surface area contributed by atoms with Gasteiger partial charge in [0, 0.05) is 35.7 Å². The van der Waals surface area contributed by atoms with Crippen molar-refractivity contribution in [1.29, 1.82) is 0 Å². The Bertz CT molecular complexity index is 1340. The standard InChI is InChI=1S/C39H60N2O8S/c1-8-28-23-30(37(7)25(2)14-15-38(26(3)33(28)44)16-17-39(34(37)38)46-20-21-47-39)48-32(43)24-50-29-12-10-27(11-13-29)22-31(42)40-18-9-19-41-35(45)49-36(4,5)6/h10-13,25-26,28,30,33-34,44H,8-9,14-24H2,1-7H3,(H,40,42)(H,41,45)/t25-,26+,28+,30+,33+,34+,37+,38+/m1/s1. The zero-order chi connectivity index (χ0) is 36.3. The second kappa shape index (κ2) is 15.7. The van der Waals surface area contributed by atoms with Gasteiger partial charge in [-0.2, -0.15) is 0 Å². The van der Waals surface area contributed by atoms with Crippen molar-refractivity contribution in [3.8, 4) is 0 Å². The van der Waals surface area contributed by atoms with Gasteiger partial charge >= 0.3 is 12.1 Å². The summed E-state index contributed by atoms with van der Waals surface area (Å²) in [6, 6.07) is 7.68. The third kappa shape index (κ3) is 8.16. The van der Waals surface area contributed by atoms with Crippen LogP contribution in [0.15, 0.2) is 29.2 Å². The number of aliphatic hydroxyl groups is 1. The molecule has 0 aromatic heterocycles. The summed E-state index contributed by atoms with van der Waals surface area (Å²) in [7, 11) is 0. The number of hydrogen-bond acceptors (Lipinski definition) is 9. The number of nitrogens with one attached hydrogen (secondary N) is 2. The van der Waals surface area contributed by atoms with E-state index in [1.165, 1.54) is 11.8 Å². The maximum atomic E-state index is 13.6. The number of carbonyl (C=O) groups is 3. The van der Waals surface area contributed by atoms with Gasteiger partial charge in [-0.1, -0.05) is 46.2 Å². The molecule has 1 spiro atoms. The highest BCUT2D eigenvalue weighted by atomic mass is 32.2. The zero-order valence-corrected chi connectivity index (χ0v) is 32.0. The lowest BCUT2D eigenvalue weighted by Gasteiger charge is -2.63. The van der Waals surface area contributed by atoms with Crippen LogP contribution in [0.5, 0.6) is 0 Å². The summed E-state index contributed by atoms with van der Waals surface area (Å²) in [5, 5.41) is 17.4. The molecular formula is C39H60N2O8S. The first-order valence-corrected chi connectivity index (χ1v) is 19.7. The second-order valence-corrected chi connectivity index (χ2v) is 17.4. The van der Waals surface area contributed by atoms with Gasteiger partial charge in [-0.25, -0.2) is 4.79 Å². The minimum absolute atomic E-state index is 0.0281. The number of benzene rings is 1. The maximum absolute atomic E-state index is 13.6. The lowest BCUT2D eigenvalue weighted by Crippen LogP contribution is -2.65. The summed E-state index contributed by atoms with van der Waals surface area (Å²) in [6.45, 7) is 16.4. The minimum Gasteiger partial charge on any atom is -0.461 e. The highest BCUT2D eigenvalue weighted by Gasteiger charge is 2.73. The number of rotatable bonds is 11. The Hall–Kier alpha value is -2.34. The lowest BCUT2D eigenvalue weighted by atomic mass is 9.44. The molecule has 4 aliphatic rings. The Morgan fingerprint density at radius 1 is 1.02 bits per heavy atom. The molecule has 2 amide bonds. The molecule has 4 fully saturated rings. The molecule has 1 saturated heterocycles. The Morgan fingerprint density at radius 3 is 2.36 bits per heavy atom. The van der Waals surface area contributed by atoms with E-state index in [0.29, 0.717) is 45.1 Å². The average Bonchev–Trinajstić information content (AvgIpc) is 3.67. The first kappa shape index (κ1) is 38.9. The van der Waals surface area contributed by atoms with Gasteiger partial charge in [0.15, 0.2) is 5.79 Å². The molecule has 5 rings (SSSR count). The second-order valence-electron chi connectivity index (χ2n) is 16.4.